The van der Waals surface area contributed by atoms with E-state index in [0.717, 1.165) is 19.6 Å². The molecule has 4 nitrogen and oxygen atoms in total. The smallest absolute Gasteiger partial charge is 0.379 e. The molecule has 1 aliphatic rings. The van der Waals surface area contributed by atoms with Gasteiger partial charge in [0.05, 0.1) is 19.8 Å². The normalized spacial score (nSPS) is 23.0. The van der Waals surface area contributed by atoms with Crippen LogP contribution in [-0.2, 0) is 9.47 Å². The number of ether oxygens (including phenoxy) is 2. The molecule has 1 aliphatic heterocycles. The minimum Gasteiger partial charge on any atom is -0.379 e. The summed E-state index contributed by atoms with van der Waals surface area (Å²) in [5.41, 5.74) is 0. The van der Waals surface area contributed by atoms with Crippen molar-refractivity contribution in [3.63, 3.8) is 0 Å². The Morgan fingerprint density at radius 3 is 2.89 bits per heavy atom. The predicted octanol–water partition coefficient (Wildman–Crippen LogP) is 0.922. The average Bonchev–Trinajstić information content (AvgIpc) is 2.28. The summed E-state index contributed by atoms with van der Waals surface area (Å²) in [5.74, 6) is 0. The molecular formula is C11H21F3N2O2. The molecule has 0 amide bonds. The molecule has 1 saturated heterocycles. The average molecular weight is 270 g/mol. The van der Waals surface area contributed by atoms with Gasteiger partial charge in [0, 0.05) is 25.2 Å². The first kappa shape index (κ1) is 15.7. The van der Waals surface area contributed by atoms with Gasteiger partial charge in [-0.2, -0.15) is 13.2 Å². The summed E-state index contributed by atoms with van der Waals surface area (Å²) in [7, 11) is 0. The zero-order valence-electron chi connectivity index (χ0n) is 10.6. The number of halogens is 3. The number of nitrogens with one attached hydrogen (secondary N) is 2. The van der Waals surface area contributed by atoms with Gasteiger partial charge in [0.15, 0.2) is 0 Å². The molecule has 108 valence electrons. The van der Waals surface area contributed by atoms with Crippen LogP contribution in [0.1, 0.15) is 13.3 Å². The standard InChI is InChI=1S/C11H21F3N2O2/c1-9(6-10-7-17-4-3-16-10)15-2-5-18-8-11(12,13)14/h9-10,15-16H,2-8H2,1H3. The van der Waals surface area contributed by atoms with Crippen LogP contribution in [0.2, 0.25) is 0 Å². The monoisotopic (exact) mass is 270 g/mol. The van der Waals surface area contributed by atoms with E-state index < -0.39 is 12.8 Å². The van der Waals surface area contributed by atoms with Crippen LogP contribution in [0.5, 0.6) is 0 Å². The van der Waals surface area contributed by atoms with E-state index in [-0.39, 0.29) is 12.6 Å². The Kier molecular flexibility index (Phi) is 6.91. The lowest BCUT2D eigenvalue weighted by Crippen LogP contribution is -2.45. The molecule has 0 radical (unpaired) electrons. The first-order valence-corrected chi connectivity index (χ1v) is 6.16. The van der Waals surface area contributed by atoms with Crippen LogP contribution in [-0.4, -0.2) is 57.8 Å². The van der Waals surface area contributed by atoms with Gasteiger partial charge in [-0.05, 0) is 13.3 Å². The Bertz CT molecular complexity index is 221. The van der Waals surface area contributed by atoms with Crippen LogP contribution in [0.15, 0.2) is 0 Å². The maximum absolute atomic E-state index is 11.8. The second-order valence-electron chi connectivity index (χ2n) is 4.48. The summed E-state index contributed by atoms with van der Waals surface area (Å²) < 4.78 is 45.2. The Hall–Kier alpha value is -0.370. The molecule has 0 aromatic rings. The highest BCUT2D eigenvalue weighted by molar-refractivity contribution is 4.75. The van der Waals surface area contributed by atoms with Crippen LogP contribution in [0.3, 0.4) is 0 Å². The van der Waals surface area contributed by atoms with E-state index in [1.54, 1.807) is 0 Å². The minimum absolute atomic E-state index is 0.0679. The van der Waals surface area contributed by atoms with Crippen LogP contribution in [0.25, 0.3) is 0 Å². The van der Waals surface area contributed by atoms with Gasteiger partial charge in [-0.1, -0.05) is 0 Å². The SMILES string of the molecule is CC(CC1COCCN1)NCCOCC(F)(F)F. The number of alkyl halides is 3. The Morgan fingerprint density at radius 2 is 2.28 bits per heavy atom. The predicted molar refractivity (Wildman–Crippen MR) is 61.6 cm³/mol. The Balaban J connectivity index is 1.97. The number of hydrogen-bond donors (Lipinski definition) is 2. The van der Waals surface area contributed by atoms with Crippen molar-refractivity contribution in [3.05, 3.63) is 0 Å². The zero-order chi connectivity index (χ0) is 13.4. The van der Waals surface area contributed by atoms with Gasteiger partial charge in [-0.3, -0.25) is 0 Å². The molecule has 7 heteroatoms. The quantitative estimate of drug-likeness (QED) is 0.675. The van der Waals surface area contributed by atoms with E-state index >= 15 is 0 Å². The van der Waals surface area contributed by atoms with Gasteiger partial charge < -0.3 is 20.1 Å². The van der Waals surface area contributed by atoms with E-state index in [9.17, 15) is 13.2 Å². The zero-order valence-corrected chi connectivity index (χ0v) is 10.6. The summed E-state index contributed by atoms with van der Waals surface area (Å²) in [6, 6.07) is 0.538. The molecule has 2 atom stereocenters. The highest BCUT2D eigenvalue weighted by Gasteiger charge is 2.27. The summed E-state index contributed by atoms with van der Waals surface area (Å²) in [6.07, 6.45) is -3.35. The van der Waals surface area contributed by atoms with Gasteiger partial charge >= 0.3 is 6.18 Å². The highest BCUT2D eigenvalue weighted by Crippen LogP contribution is 2.13. The van der Waals surface area contributed by atoms with Crippen molar-refractivity contribution in [3.8, 4) is 0 Å². The van der Waals surface area contributed by atoms with Gasteiger partial charge in [0.2, 0.25) is 0 Å². The molecule has 0 spiro atoms. The van der Waals surface area contributed by atoms with E-state index in [0.29, 0.717) is 19.2 Å². The third-order valence-electron chi connectivity index (χ3n) is 2.64. The molecule has 0 aliphatic carbocycles. The lowest BCUT2D eigenvalue weighted by atomic mass is 10.1. The van der Waals surface area contributed by atoms with Crippen molar-refractivity contribution in [2.75, 3.05) is 39.5 Å². The molecule has 0 aromatic carbocycles. The molecule has 18 heavy (non-hydrogen) atoms. The maximum atomic E-state index is 11.8. The van der Waals surface area contributed by atoms with Crippen molar-refractivity contribution in [1.29, 1.82) is 0 Å². The van der Waals surface area contributed by atoms with Gasteiger partial charge in [-0.25, -0.2) is 0 Å². The van der Waals surface area contributed by atoms with Crippen molar-refractivity contribution in [2.45, 2.75) is 31.6 Å². The topological polar surface area (TPSA) is 42.5 Å². The molecule has 0 bridgehead atoms. The van der Waals surface area contributed by atoms with Crippen LogP contribution in [0, 0.1) is 0 Å². The second kappa shape index (κ2) is 7.93. The molecule has 1 rings (SSSR count). The molecule has 0 aromatic heterocycles. The summed E-state index contributed by atoms with van der Waals surface area (Å²) in [4.78, 5) is 0. The second-order valence-corrected chi connectivity index (χ2v) is 4.48. The van der Waals surface area contributed by atoms with Crippen molar-refractivity contribution >= 4 is 0 Å². The number of hydrogen-bond acceptors (Lipinski definition) is 4. The fourth-order valence-corrected chi connectivity index (χ4v) is 1.85. The minimum atomic E-state index is -4.24. The molecule has 2 unspecified atom stereocenters. The van der Waals surface area contributed by atoms with Gasteiger partial charge in [-0.15, -0.1) is 0 Å². The van der Waals surface area contributed by atoms with Crippen molar-refractivity contribution < 1.29 is 22.6 Å². The molecular weight excluding hydrogens is 249 g/mol. The van der Waals surface area contributed by atoms with E-state index in [1.807, 2.05) is 6.92 Å². The first-order chi connectivity index (χ1) is 8.47. The molecule has 1 fully saturated rings. The fraction of sp³-hybridized carbons (Fsp3) is 1.00. The number of rotatable bonds is 7. The molecule has 1 heterocycles. The Morgan fingerprint density at radius 1 is 1.50 bits per heavy atom. The van der Waals surface area contributed by atoms with Gasteiger partial charge in [0.1, 0.15) is 6.61 Å². The van der Waals surface area contributed by atoms with E-state index in [4.69, 9.17) is 4.74 Å². The van der Waals surface area contributed by atoms with Crippen LogP contribution < -0.4 is 10.6 Å². The fourth-order valence-electron chi connectivity index (χ4n) is 1.85. The lowest BCUT2D eigenvalue weighted by Gasteiger charge is -2.26. The summed E-state index contributed by atoms with van der Waals surface area (Å²) in [6.45, 7) is 3.59. The van der Waals surface area contributed by atoms with Crippen LogP contribution >= 0.6 is 0 Å². The largest absolute Gasteiger partial charge is 0.411 e. The van der Waals surface area contributed by atoms with Crippen LogP contribution in [0.4, 0.5) is 13.2 Å². The summed E-state index contributed by atoms with van der Waals surface area (Å²) >= 11 is 0. The third kappa shape index (κ3) is 7.86. The van der Waals surface area contributed by atoms with Gasteiger partial charge in [0.25, 0.3) is 0 Å². The van der Waals surface area contributed by atoms with Crippen molar-refractivity contribution in [2.24, 2.45) is 0 Å². The lowest BCUT2D eigenvalue weighted by molar-refractivity contribution is -0.173. The summed E-state index contributed by atoms with van der Waals surface area (Å²) in [5, 5.41) is 6.45. The Labute approximate surface area is 105 Å². The van der Waals surface area contributed by atoms with Crippen molar-refractivity contribution in [1.82, 2.24) is 10.6 Å². The van der Waals surface area contributed by atoms with E-state index in [1.165, 1.54) is 0 Å². The van der Waals surface area contributed by atoms with E-state index in [2.05, 4.69) is 15.4 Å². The highest BCUT2D eigenvalue weighted by atomic mass is 19.4. The maximum Gasteiger partial charge on any atom is 0.411 e. The number of morpholine rings is 1. The first-order valence-electron chi connectivity index (χ1n) is 6.16. The molecule has 0 saturated carbocycles. The third-order valence-corrected chi connectivity index (χ3v) is 2.64. The molecule has 2 N–H and O–H groups in total.